The SMILES string of the molecule is CCOc1c(Br)cc([C@H]2C(C#N)=C(N)OC3=C2C(=O)CCC3)cc1OC. The standard InChI is InChI=1S/C19H19BrN2O4/c1-3-25-18-12(20)7-10(8-15(18)24-2)16-11(9-21)19(22)26-14-6-4-5-13(23)17(14)16/h7-8,16H,3-6,22H2,1-2H3/t16-/m0/s1. The third-order valence-corrected chi connectivity index (χ3v) is 5.07. The van der Waals surface area contributed by atoms with E-state index < -0.39 is 5.92 Å². The molecule has 0 saturated heterocycles. The van der Waals surface area contributed by atoms with Gasteiger partial charge in [0.25, 0.3) is 0 Å². The Balaban J connectivity index is 2.20. The van der Waals surface area contributed by atoms with E-state index >= 15 is 0 Å². The van der Waals surface area contributed by atoms with Crippen molar-refractivity contribution in [3.63, 3.8) is 0 Å². The maximum atomic E-state index is 12.6. The number of carbonyl (C=O) groups excluding carboxylic acids is 1. The van der Waals surface area contributed by atoms with Crippen LogP contribution < -0.4 is 15.2 Å². The van der Waals surface area contributed by atoms with Crippen molar-refractivity contribution in [2.45, 2.75) is 32.1 Å². The van der Waals surface area contributed by atoms with Crippen LogP contribution in [-0.4, -0.2) is 19.5 Å². The van der Waals surface area contributed by atoms with Crippen LogP contribution in [0.15, 0.2) is 39.4 Å². The molecule has 2 aliphatic rings. The van der Waals surface area contributed by atoms with E-state index in [1.165, 1.54) is 0 Å². The third kappa shape index (κ3) is 3.06. The summed E-state index contributed by atoms with van der Waals surface area (Å²) in [5.41, 5.74) is 7.45. The Kier molecular flexibility index (Phi) is 5.23. The largest absolute Gasteiger partial charge is 0.493 e. The number of hydrogen-bond acceptors (Lipinski definition) is 6. The minimum atomic E-state index is -0.572. The van der Waals surface area contributed by atoms with Crippen LogP contribution in [0.3, 0.4) is 0 Å². The van der Waals surface area contributed by atoms with Gasteiger partial charge in [0.1, 0.15) is 17.4 Å². The summed E-state index contributed by atoms with van der Waals surface area (Å²) in [6, 6.07) is 5.72. The van der Waals surface area contributed by atoms with Crippen molar-refractivity contribution >= 4 is 21.7 Å². The van der Waals surface area contributed by atoms with Crippen molar-refractivity contribution in [3.8, 4) is 17.6 Å². The Bertz CT molecular complexity index is 867. The number of ketones is 1. The first kappa shape index (κ1) is 18.3. The number of nitriles is 1. The quantitative estimate of drug-likeness (QED) is 0.801. The minimum Gasteiger partial charge on any atom is -0.493 e. The van der Waals surface area contributed by atoms with E-state index in [2.05, 4.69) is 22.0 Å². The molecule has 136 valence electrons. The van der Waals surface area contributed by atoms with Crippen LogP contribution >= 0.6 is 15.9 Å². The second-order valence-corrected chi connectivity index (χ2v) is 6.86. The molecular formula is C19H19BrN2O4. The zero-order valence-electron chi connectivity index (χ0n) is 14.6. The first-order chi connectivity index (χ1) is 12.5. The molecule has 1 aliphatic heterocycles. The number of benzene rings is 1. The van der Waals surface area contributed by atoms with E-state index in [0.717, 1.165) is 12.0 Å². The molecule has 1 aromatic rings. The Morgan fingerprint density at radius 2 is 2.19 bits per heavy atom. The van der Waals surface area contributed by atoms with E-state index in [-0.39, 0.29) is 17.2 Å². The average molecular weight is 419 g/mol. The van der Waals surface area contributed by atoms with Gasteiger partial charge in [0.2, 0.25) is 5.88 Å². The third-order valence-electron chi connectivity index (χ3n) is 4.48. The van der Waals surface area contributed by atoms with Gasteiger partial charge in [0.15, 0.2) is 17.3 Å². The van der Waals surface area contributed by atoms with Crippen molar-refractivity contribution < 1.29 is 19.0 Å². The molecule has 0 spiro atoms. The molecule has 26 heavy (non-hydrogen) atoms. The highest BCUT2D eigenvalue weighted by Crippen LogP contribution is 2.46. The van der Waals surface area contributed by atoms with Gasteiger partial charge < -0.3 is 19.9 Å². The topological polar surface area (TPSA) is 94.6 Å². The first-order valence-corrected chi connectivity index (χ1v) is 9.15. The average Bonchev–Trinajstić information content (AvgIpc) is 2.62. The normalized spacial score (nSPS) is 19.6. The molecule has 0 amide bonds. The molecule has 0 bridgehead atoms. The number of Topliss-reactive ketones (excluding diaryl/α,β-unsaturated/α-hetero) is 1. The van der Waals surface area contributed by atoms with Crippen LogP contribution in [0.25, 0.3) is 0 Å². The summed E-state index contributed by atoms with van der Waals surface area (Å²) in [5, 5.41) is 9.63. The summed E-state index contributed by atoms with van der Waals surface area (Å²) >= 11 is 3.50. The lowest BCUT2D eigenvalue weighted by Crippen LogP contribution is -2.27. The second-order valence-electron chi connectivity index (χ2n) is 6.01. The molecule has 0 radical (unpaired) electrons. The number of nitrogens with two attached hydrogens (primary N) is 1. The molecule has 0 saturated carbocycles. The molecule has 2 N–H and O–H groups in total. The maximum Gasteiger partial charge on any atom is 0.205 e. The molecule has 0 aromatic heterocycles. The number of methoxy groups -OCH3 is 1. The van der Waals surface area contributed by atoms with Gasteiger partial charge >= 0.3 is 0 Å². The van der Waals surface area contributed by atoms with E-state index in [4.69, 9.17) is 19.9 Å². The van der Waals surface area contributed by atoms with Gasteiger partial charge in [-0.2, -0.15) is 5.26 Å². The molecular weight excluding hydrogens is 400 g/mol. The summed E-state index contributed by atoms with van der Waals surface area (Å²) in [6.07, 6.45) is 1.79. The van der Waals surface area contributed by atoms with Gasteiger partial charge in [-0.25, -0.2) is 0 Å². The Hall–Kier alpha value is -2.46. The monoisotopic (exact) mass is 418 g/mol. The Labute approximate surface area is 160 Å². The molecule has 0 fully saturated rings. The predicted octanol–water partition coefficient (Wildman–Crippen LogP) is 3.67. The van der Waals surface area contributed by atoms with Gasteiger partial charge in [-0.05, 0) is 47.0 Å². The number of ether oxygens (including phenoxy) is 3. The molecule has 1 aromatic carbocycles. The smallest absolute Gasteiger partial charge is 0.205 e. The lowest BCUT2D eigenvalue weighted by Gasteiger charge is -2.31. The maximum absolute atomic E-state index is 12.6. The van der Waals surface area contributed by atoms with Crippen LogP contribution in [0, 0.1) is 11.3 Å². The highest BCUT2D eigenvalue weighted by atomic mass is 79.9. The zero-order valence-corrected chi connectivity index (χ0v) is 16.2. The van der Waals surface area contributed by atoms with Crippen molar-refractivity contribution in [3.05, 3.63) is 45.0 Å². The zero-order chi connectivity index (χ0) is 18.8. The Morgan fingerprint density at radius 1 is 1.42 bits per heavy atom. The van der Waals surface area contributed by atoms with E-state index in [1.54, 1.807) is 13.2 Å². The minimum absolute atomic E-state index is 0.0134. The number of rotatable bonds is 4. The van der Waals surface area contributed by atoms with Gasteiger partial charge in [0, 0.05) is 18.4 Å². The second kappa shape index (κ2) is 7.42. The van der Waals surface area contributed by atoms with Crippen molar-refractivity contribution in [1.29, 1.82) is 5.26 Å². The van der Waals surface area contributed by atoms with E-state index in [1.807, 2.05) is 13.0 Å². The van der Waals surface area contributed by atoms with E-state index in [0.29, 0.717) is 46.8 Å². The first-order valence-electron chi connectivity index (χ1n) is 8.35. The predicted molar refractivity (Wildman–Crippen MR) is 98.4 cm³/mol. The molecule has 1 atom stereocenters. The fraction of sp³-hybridized carbons (Fsp3) is 0.368. The van der Waals surface area contributed by atoms with Crippen LogP contribution in [0.5, 0.6) is 11.5 Å². The highest BCUT2D eigenvalue weighted by Gasteiger charge is 2.38. The molecule has 3 rings (SSSR count). The molecule has 1 heterocycles. The van der Waals surface area contributed by atoms with Crippen molar-refractivity contribution in [1.82, 2.24) is 0 Å². The van der Waals surface area contributed by atoms with Crippen LogP contribution in [-0.2, 0) is 9.53 Å². The summed E-state index contributed by atoms with van der Waals surface area (Å²) in [5.74, 6) is 1.12. The number of hydrogen-bond donors (Lipinski definition) is 1. The number of carbonyl (C=O) groups is 1. The lowest BCUT2D eigenvalue weighted by molar-refractivity contribution is -0.116. The highest BCUT2D eigenvalue weighted by molar-refractivity contribution is 9.10. The van der Waals surface area contributed by atoms with Gasteiger partial charge in [-0.3, -0.25) is 4.79 Å². The van der Waals surface area contributed by atoms with Crippen LogP contribution in [0.2, 0.25) is 0 Å². The number of halogens is 1. The summed E-state index contributed by atoms with van der Waals surface area (Å²) in [6.45, 7) is 2.36. The fourth-order valence-corrected chi connectivity index (χ4v) is 3.95. The van der Waals surface area contributed by atoms with Crippen molar-refractivity contribution in [2.24, 2.45) is 5.73 Å². The van der Waals surface area contributed by atoms with Gasteiger partial charge in [0.05, 0.1) is 24.1 Å². The van der Waals surface area contributed by atoms with E-state index in [9.17, 15) is 10.1 Å². The summed E-state index contributed by atoms with van der Waals surface area (Å²) < 4.78 is 17.4. The van der Waals surface area contributed by atoms with Gasteiger partial charge in [-0.15, -0.1) is 0 Å². The fourth-order valence-electron chi connectivity index (χ4n) is 3.38. The molecule has 7 heteroatoms. The lowest BCUT2D eigenvalue weighted by atomic mass is 9.77. The van der Waals surface area contributed by atoms with Crippen molar-refractivity contribution in [2.75, 3.05) is 13.7 Å². The molecule has 6 nitrogen and oxygen atoms in total. The summed E-state index contributed by atoms with van der Waals surface area (Å²) in [7, 11) is 1.55. The Morgan fingerprint density at radius 3 is 2.85 bits per heavy atom. The molecule has 0 unspecified atom stereocenters. The van der Waals surface area contributed by atoms with Crippen LogP contribution in [0.1, 0.15) is 37.7 Å². The van der Waals surface area contributed by atoms with Gasteiger partial charge in [-0.1, -0.05) is 0 Å². The van der Waals surface area contributed by atoms with Crippen LogP contribution in [0.4, 0.5) is 0 Å². The number of allylic oxidation sites excluding steroid dienone is 3. The molecule has 1 aliphatic carbocycles. The number of nitrogens with zero attached hydrogens (tertiary/aromatic N) is 1. The summed E-state index contributed by atoms with van der Waals surface area (Å²) in [4.78, 5) is 12.6.